The molecule has 0 radical (unpaired) electrons. The Morgan fingerprint density at radius 1 is 1.35 bits per heavy atom. The molecule has 6 nitrogen and oxygen atoms in total. The molecule has 0 aromatic carbocycles. The number of carboxylic acids is 1. The Morgan fingerprint density at radius 3 is 2.75 bits per heavy atom. The number of carboxylic acid groups (broad SMARTS) is 1. The fourth-order valence-electron chi connectivity index (χ4n) is 2.94. The summed E-state index contributed by atoms with van der Waals surface area (Å²) >= 11 is 1.78. The number of urea groups is 1. The quantitative estimate of drug-likeness (QED) is 0.810. The van der Waals surface area contributed by atoms with Crippen molar-refractivity contribution in [1.82, 2.24) is 10.2 Å². The number of carbonyl (C=O) groups excluding carboxylic acids is 1. The number of carbonyl (C=O) groups is 2. The molecule has 0 aromatic heterocycles. The van der Waals surface area contributed by atoms with Gasteiger partial charge in [-0.25, -0.2) is 4.79 Å². The van der Waals surface area contributed by atoms with E-state index in [0.717, 1.165) is 19.3 Å². The molecule has 2 aliphatic rings. The first-order valence-electron chi connectivity index (χ1n) is 6.91. The van der Waals surface area contributed by atoms with Gasteiger partial charge < -0.3 is 20.1 Å². The Labute approximate surface area is 123 Å². The summed E-state index contributed by atoms with van der Waals surface area (Å²) in [6.45, 7) is 0.464. The maximum absolute atomic E-state index is 12.3. The average molecular weight is 302 g/mol. The van der Waals surface area contributed by atoms with E-state index >= 15 is 0 Å². The van der Waals surface area contributed by atoms with Gasteiger partial charge in [0.15, 0.2) is 0 Å². The molecule has 2 N–H and O–H groups in total. The molecule has 4 atom stereocenters. The summed E-state index contributed by atoms with van der Waals surface area (Å²) in [6, 6.07) is -0.398. The van der Waals surface area contributed by atoms with Crippen LogP contribution >= 0.6 is 11.8 Å². The van der Waals surface area contributed by atoms with Gasteiger partial charge in [-0.2, -0.15) is 11.8 Å². The lowest BCUT2D eigenvalue weighted by Crippen LogP contribution is -2.51. The minimum Gasteiger partial charge on any atom is -0.481 e. The molecule has 1 aliphatic heterocycles. The summed E-state index contributed by atoms with van der Waals surface area (Å²) in [7, 11) is 1.65. The van der Waals surface area contributed by atoms with E-state index in [-0.39, 0.29) is 31.3 Å². The largest absolute Gasteiger partial charge is 0.481 e. The van der Waals surface area contributed by atoms with E-state index in [4.69, 9.17) is 9.84 Å². The molecule has 1 aliphatic carbocycles. The van der Waals surface area contributed by atoms with Crippen molar-refractivity contribution in [3.05, 3.63) is 0 Å². The topological polar surface area (TPSA) is 78.9 Å². The third-order valence-electron chi connectivity index (χ3n) is 4.25. The smallest absolute Gasteiger partial charge is 0.317 e. The van der Waals surface area contributed by atoms with E-state index in [1.165, 1.54) is 4.90 Å². The van der Waals surface area contributed by atoms with Crippen LogP contribution in [-0.2, 0) is 9.53 Å². The zero-order valence-corrected chi connectivity index (χ0v) is 12.7. The molecule has 2 fully saturated rings. The van der Waals surface area contributed by atoms with Gasteiger partial charge in [0.2, 0.25) is 0 Å². The molecule has 20 heavy (non-hydrogen) atoms. The highest BCUT2D eigenvalue weighted by Crippen LogP contribution is 2.28. The van der Waals surface area contributed by atoms with Crippen LogP contribution in [0, 0.1) is 5.92 Å². The van der Waals surface area contributed by atoms with Gasteiger partial charge in [-0.1, -0.05) is 6.42 Å². The molecule has 1 saturated carbocycles. The summed E-state index contributed by atoms with van der Waals surface area (Å²) in [6.07, 6.45) is 5.31. The lowest BCUT2D eigenvalue weighted by Gasteiger charge is -2.29. The number of ether oxygens (including phenoxy) is 1. The molecule has 2 rings (SSSR count). The van der Waals surface area contributed by atoms with Gasteiger partial charge in [0.1, 0.15) is 5.92 Å². The van der Waals surface area contributed by atoms with Gasteiger partial charge in [-0.3, -0.25) is 4.79 Å². The van der Waals surface area contributed by atoms with Gasteiger partial charge in [-0.15, -0.1) is 0 Å². The summed E-state index contributed by atoms with van der Waals surface area (Å²) in [5, 5.41) is 12.6. The van der Waals surface area contributed by atoms with Crippen molar-refractivity contribution in [2.24, 2.45) is 5.92 Å². The van der Waals surface area contributed by atoms with Crippen molar-refractivity contribution >= 4 is 23.8 Å². The second kappa shape index (κ2) is 6.67. The van der Waals surface area contributed by atoms with E-state index in [9.17, 15) is 9.59 Å². The second-order valence-corrected chi connectivity index (χ2v) is 6.50. The van der Waals surface area contributed by atoms with Crippen LogP contribution in [0.4, 0.5) is 4.79 Å². The standard InChI is InChI=1S/C13H22N2O4S/c1-15(10-7-19-6-8(10)12(16)17)13(18)14-9-4-3-5-11(9)20-2/h8-11H,3-7H2,1-2H3,(H,14,18)(H,16,17). The summed E-state index contributed by atoms with van der Waals surface area (Å²) in [4.78, 5) is 24.9. The number of amides is 2. The fourth-order valence-corrected chi connectivity index (χ4v) is 3.88. The maximum Gasteiger partial charge on any atom is 0.317 e. The first-order valence-corrected chi connectivity index (χ1v) is 8.20. The number of hydrogen-bond acceptors (Lipinski definition) is 4. The number of rotatable bonds is 4. The molecule has 4 unspecified atom stereocenters. The lowest BCUT2D eigenvalue weighted by atomic mass is 10.0. The van der Waals surface area contributed by atoms with Gasteiger partial charge in [-0.05, 0) is 19.1 Å². The molecule has 1 heterocycles. The fraction of sp³-hybridized carbons (Fsp3) is 0.846. The Morgan fingerprint density at radius 2 is 2.10 bits per heavy atom. The van der Waals surface area contributed by atoms with Crippen LogP contribution in [0.15, 0.2) is 0 Å². The van der Waals surface area contributed by atoms with Crippen molar-refractivity contribution in [1.29, 1.82) is 0 Å². The van der Waals surface area contributed by atoms with Crippen molar-refractivity contribution in [3.8, 4) is 0 Å². The predicted octanol–water partition coefficient (Wildman–Crippen LogP) is 1.01. The van der Waals surface area contributed by atoms with Crippen molar-refractivity contribution in [2.45, 2.75) is 36.6 Å². The highest BCUT2D eigenvalue weighted by Gasteiger charge is 2.39. The normalized spacial score (nSPS) is 33.1. The van der Waals surface area contributed by atoms with E-state index < -0.39 is 11.9 Å². The molecule has 7 heteroatoms. The highest BCUT2D eigenvalue weighted by atomic mass is 32.2. The third kappa shape index (κ3) is 3.20. The van der Waals surface area contributed by atoms with Gasteiger partial charge in [0.25, 0.3) is 0 Å². The molecule has 2 amide bonds. The van der Waals surface area contributed by atoms with Gasteiger partial charge in [0.05, 0.1) is 19.3 Å². The van der Waals surface area contributed by atoms with Crippen molar-refractivity contribution < 1.29 is 19.4 Å². The zero-order chi connectivity index (χ0) is 14.7. The number of likely N-dealkylation sites (N-methyl/N-ethyl adjacent to an activating group) is 1. The van der Waals surface area contributed by atoms with E-state index in [2.05, 4.69) is 11.6 Å². The van der Waals surface area contributed by atoms with Crippen molar-refractivity contribution in [2.75, 3.05) is 26.5 Å². The average Bonchev–Trinajstić information content (AvgIpc) is 3.05. The van der Waals surface area contributed by atoms with E-state index in [1.807, 2.05) is 0 Å². The maximum atomic E-state index is 12.3. The number of aliphatic carboxylic acids is 1. The Balaban J connectivity index is 1.93. The molecule has 0 bridgehead atoms. The molecule has 0 spiro atoms. The van der Waals surface area contributed by atoms with E-state index in [0.29, 0.717) is 5.25 Å². The van der Waals surface area contributed by atoms with Crippen LogP contribution < -0.4 is 5.32 Å². The van der Waals surface area contributed by atoms with Crippen LogP contribution in [0.25, 0.3) is 0 Å². The van der Waals surface area contributed by atoms with Gasteiger partial charge >= 0.3 is 12.0 Å². The van der Waals surface area contributed by atoms with Crippen LogP contribution in [0.3, 0.4) is 0 Å². The monoisotopic (exact) mass is 302 g/mol. The summed E-state index contributed by atoms with van der Waals surface area (Å²) in [5.41, 5.74) is 0. The first kappa shape index (κ1) is 15.4. The zero-order valence-electron chi connectivity index (χ0n) is 11.9. The molecule has 0 aromatic rings. The lowest BCUT2D eigenvalue weighted by molar-refractivity contribution is -0.142. The Kier molecular flexibility index (Phi) is 5.15. The SMILES string of the molecule is CSC1CCCC1NC(=O)N(C)C1COCC1C(=O)O. The third-order valence-corrected chi connectivity index (χ3v) is 5.42. The second-order valence-electron chi connectivity index (χ2n) is 5.42. The number of nitrogens with one attached hydrogen (secondary N) is 1. The van der Waals surface area contributed by atoms with Gasteiger partial charge in [0, 0.05) is 18.3 Å². The minimum atomic E-state index is -0.907. The predicted molar refractivity (Wildman–Crippen MR) is 77.0 cm³/mol. The summed E-state index contributed by atoms with van der Waals surface area (Å²) in [5.74, 6) is -1.54. The van der Waals surface area contributed by atoms with Crippen LogP contribution in [0.1, 0.15) is 19.3 Å². The van der Waals surface area contributed by atoms with Crippen LogP contribution in [-0.4, -0.2) is 65.9 Å². The Hall–Kier alpha value is -0.950. The highest BCUT2D eigenvalue weighted by molar-refractivity contribution is 7.99. The Bertz CT molecular complexity index is 379. The summed E-state index contributed by atoms with van der Waals surface area (Å²) < 4.78 is 5.21. The number of nitrogens with zero attached hydrogens (tertiary/aromatic N) is 1. The molecular formula is C13H22N2O4S. The van der Waals surface area contributed by atoms with Crippen LogP contribution in [0.5, 0.6) is 0 Å². The van der Waals surface area contributed by atoms with Crippen molar-refractivity contribution in [3.63, 3.8) is 0 Å². The minimum absolute atomic E-state index is 0.175. The molecule has 1 saturated heterocycles. The molecular weight excluding hydrogens is 280 g/mol. The number of hydrogen-bond donors (Lipinski definition) is 2. The van der Waals surface area contributed by atoms with E-state index in [1.54, 1.807) is 18.8 Å². The molecule has 114 valence electrons. The van der Waals surface area contributed by atoms with Crippen LogP contribution in [0.2, 0.25) is 0 Å². The first-order chi connectivity index (χ1) is 9.54. The number of thioether (sulfide) groups is 1.